The predicted molar refractivity (Wildman–Crippen MR) is 105 cm³/mol. The molecule has 0 bridgehead atoms. The van der Waals surface area contributed by atoms with Gasteiger partial charge in [0.05, 0.1) is 18.1 Å². The van der Waals surface area contributed by atoms with Gasteiger partial charge in [-0.15, -0.1) is 0 Å². The van der Waals surface area contributed by atoms with Crippen LogP contribution in [-0.2, 0) is 16.4 Å². The molecule has 0 spiro atoms. The Morgan fingerprint density at radius 1 is 1.07 bits per heavy atom. The Bertz CT molecular complexity index is 1010. The summed E-state index contributed by atoms with van der Waals surface area (Å²) in [4.78, 5) is 11.7. The summed E-state index contributed by atoms with van der Waals surface area (Å²) in [7, 11) is -3.67. The summed E-state index contributed by atoms with van der Waals surface area (Å²) < 4.78 is 39.5. The van der Waals surface area contributed by atoms with Crippen molar-refractivity contribution < 1.29 is 22.7 Å². The van der Waals surface area contributed by atoms with Gasteiger partial charge in [-0.2, -0.15) is 4.31 Å². The van der Waals surface area contributed by atoms with E-state index in [1.165, 1.54) is 23.4 Å². The van der Waals surface area contributed by atoms with Gasteiger partial charge in [0.15, 0.2) is 17.3 Å². The first-order valence-electron chi connectivity index (χ1n) is 9.43. The number of benzene rings is 2. The molecule has 2 aromatic carbocycles. The molecule has 6 nitrogen and oxygen atoms in total. The zero-order valence-corrected chi connectivity index (χ0v) is 16.8. The van der Waals surface area contributed by atoms with Gasteiger partial charge in [0.2, 0.25) is 10.0 Å². The third kappa shape index (κ3) is 3.29. The van der Waals surface area contributed by atoms with Crippen molar-refractivity contribution in [2.24, 2.45) is 0 Å². The fraction of sp³-hybridized carbons (Fsp3) is 0.381. The maximum atomic E-state index is 13.2. The largest absolute Gasteiger partial charge is 0.490 e. The summed E-state index contributed by atoms with van der Waals surface area (Å²) in [6.45, 7) is 4.96. The van der Waals surface area contributed by atoms with E-state index in [-0.39, 0.29) is 16.7 Å². The zero-order valence-electron chi connectivity index (χ0n) is 16.0. The molecular weight excluding hydrogens is 378 g/mol. The van der Waals surface area contributed by atoms with Crippen molar-refractivity contribution in [3.8, 4) is 11.5 Å². The second-order valence-corrected chi connectivity index (χ2v) is 9.06. The van der Waals surface area contributed by atoms with Gasteiger partial charge in [-0.1, -0.05) is 12.1 Å². The smallest absolute Gasteiger partial charge is 0.243 e. The summed E-state index contributed by atoms with van der Waals surface area (Å²) in [6.07, 6.45) is 1.44. The standard InChI is InChI=1S/C21H23NO5S/c1-14-19-13-21-20(26-10-3-11-27-21)12-17(19)8-9-22(14)28(24,25)18-6-4-16(5-7-18)15(2)23/h4-7,12-14H,3,8-11H2,1-2H3/t14-/m0/s1. The molecule has 0 N–H and O–H groups in total. The lowest BCUT2D eigenvalue weighted by Gasteiger charge is -2.34. The maximum Gasteiger partial charge on any atom is 0.243 e. The number of ketones is 1. The molecule has 1 atom stereocenters. The van der Waals surface area contributed by atoms with Crippen LogP contribution in [0.5, 0.6) is 11.5 Å². The molecule has 28 heavy (non-hydrogen) atoms. The first-order valence-corrected chi connectivity index (χ1v) is 10.9. The molecule has 148 valence electrons. The monoisotopic (exact) mass is 401 g/mol. The van der Waals surface area contributed by atoms with Crippen LogP contribution < -0.4 is 9.47 Å². The topological polar surface area (TPSA) is 72.9 Å². The molecule has 0 amide bonds. The Morgan fingerprint density at radius 3 is 2.36 bits per heavy atom. The third-order valence-electron chi connectivity index (χ3n) is 5.36. The Balaban J connectivity index is 1.67. The molecule has 0 unspecified atom stereocenters. The van der Waals surface area contributed by atoms with Crippen molar-refractivity contribution in [1.82, 2.24) is 4.31 Å². The molecular formula is C21H23NO5S. The fourth-order valence-corrected chi connectivity index (χ4v) is 5.39. The molecule has 2 heterocycles. The Kier molecular flexibility index (Phi) is 4.89. The Morgan fingerprint density at radius 2 is 1.71 bits per heavy atom. The lowest BCUT2D eigenvalue weighted by Crippen LogP contribution is -2.38. The summed E-state index contributed by atoms with van der Waals surface area (Å²) in [5.74, 6) is 1.32. The van der Waals surface area contributed by atoms with Crippen LogP contribution in [0.3, 0.4) is 0 Å². The van der Waals surface area contributed by atoms with Crippen molar-refractivity contribution >= 4 is 15.8 Å². The normalized spacial score (nSPS) is 19.6. The van der Waals surface area contributed by atoms with Gasteiger partial charge in [-0.3, -0.25) is 4.79 Å². The summed E-state index contributed by atoms with van der Waals surface area (Å²) in [6, 6.07) is 9.70. The van der Waals surface area contributed by atoms with Crippen LogP contribution in [0.25, 0.3) is 0 Å². The van der Waals surface area contributed by atoms with E-state index in [1.807, 2.05) is 19.1 Å². The van der Waals surface area contributed by atoms with E-state index >= 15 is 0 Å². The highest BCUT2D eigenvalue weighted by molar-refractivity contribution is 7.89. The van der Waals surface area contributed by atoms with Crippen LogP contribution in [0.1, 0.15) is 47.8 Å². The van der Waals surface area contributed by atoms with Crippen LogP contribution in [0.2, 0.25) is 0 Å². The number of nitrogens with zero attached hydrogens (tertiary/aromatic N) is 1. The van der Waals surface area contributed by atoms with Crippen LogP contribution in [-0.4, -0.2) is 38.3 Å². The number of hydrogen-bond donors (Lipinski definition) is 0. The molecule has 2 aliphatic rings. The zero-order chi connectivity index (χ0) is 19.9. The molecule has 0 fully saturated rings. The van der Waals surface area contributed by atoms with Crippen LogP contribution in [0.4, 0.5) is 0 Å². The van der Waals surface area contributed by atoms with E-state index in [0.29, 0.717) is 37.5 Å². The van der Waals surface area contributed by atoms with Crippen molar-refractivity contribution in [2.45, 2.75) is 37.6 Å². The van der Waals surface area contributed by atoms with Crippen molar-refractivity contribution in [2.75, 3.05) is 19.8 Å². The molecule has 7 heteroatoms. The number of ether oxygens (including phenoxy) is 2. The minimum absolute atomic E-state index is 0.0906. The second-order valence-electron chi connectivity index (χ2n) is 7.17. The number of hydrogen-bond acceptors (Lipinski definition) is 5. The average Bonchev–Trinajstić information content (AvgIpc) is 2.91. The Labute approximate surface area is 165 Å². The number of sulfonamides is 1. The first-order chi connectivity index (χ1) is 13.4. The highest BCUT2D eigenvalue weighted by atomic mass is 32.2. The van der Waals surface area contributed by atoms with Gasteiger partial charge in [-0.25, -0.2) is 8.42 Å². The van der Waals surface area contributed by atoms with Gasteiger partial charge in [-0.05, 0) is 55.7 Å². The average molecular weight is 401 g/mol. The maximum absolute atomic E-state index is 13.2. The summed E-state index contributed by atoms with van der Waals surface area (Å²) in [5, 5.41) is 0. The molecule has 0 aromatic heterocycles. The minimum Gasteiger partial charge on any atom is -0.490 e. The molecule has 0 radical (unpaired) electrons. The van der Waals surface area contributed by atoms with Gasteiger partial charge in [0.25, 0.3) is 0 Å². The number of rotatable bonds is 3. The van der Waals surface area contributed by atoms with Gasteiger partial charge < -0.3 is 9.47 Å². The number of fused-ring (bicyclic) bond motifs is 2. The number of Topliss-reactive ketones (excluding diaryl/α,β-unsaturated/α-hetero) is 1. The van der Waals surface area contributed by atoms with E-state index in [4.69, 9.17) is 9.47 Å². The molecule has 2 aliphatic heterocycles. The third-order valence-corrected chi connectivity index (χ3v) is 7.34. The predicted octanol–water partition coefficient (Wildman–Crippen LogP) is 3.36. The van der Waals surface area contributed by atoms with E-state index in [0.717, 1.165) is 23.3 Å². The van der Waals surface area contributed by atoms with Gasteiger partial charge >= 0.3 is 0 Å². The molecule has 0 saturated carbocycles. The lowest BCUT2D eigenvalue weighted by atomic mass is 9.94. The fourth-order valence-electron chi connectivity index (χ4n) is 3.78. The summed E-state index contributed by atoms with van der Waals surface area (Å²) >= 11 is 0. The minimum atomic E-state index is -3.67. The van der Waals surface area contributed by atoms with E-state index in [2.05, 4.69) is 0 Å². The highest BCUT2D eigenvalue weighted by Gasteiger charge is 2.35. The quantitative estimate of drug-likeness (QED) is 0.738. The number of carbonyl (C=O) groups excluding carboxylic acids is 1. The SMILES string of the molecule is CC(=O)c1ccc(S(=O)(=O)N2CCc3cc4c(cc3[C@@H]2C)OCCCO4)cc1. The van der Waals surface area contributed by atoms with Gasteiger partial charge in [0.1, 0.15) is 0 Å². The number of carbonyl (C=O) groups is 1. The van der Waals surface area contributed by atoms with Crippen LogP contribution >= 0.6 is 0 Å². The molecule has 4 rings (SSSR count). The van der Waals surface area contributed by atoms with E-state index < -0.39 is 10.0 Å². The van der Waals surface area contributed by atoms with Crippen molar-refractivity contribution in [1.29, 1.82) is 0 Å². The molecule has 0 aliphatic carbocycles. The molecule has 2 aromatic rings. The van der Waals surface area contributed by atoms with Gasteiger partial charge in [0, 0.05) is 24.6 Å². The van der Waals surface area contributed by atoms with Crippen molar-refractivity contribution in [3.63, 3.8) is 0 Å². The lowest BCUT2D eigenvalue weighted by molar-refractivity contribution is 0.101. The van der Waals surface area contributed by atoms with Crippen LogP contribution in [0.15, 0.2) is 41.3 Å². The Hall–Kier alpha value is -2.38. The van der Waals surface area contributed by atoms with E-state index in [9.17, 15) is 13.2 Å². The first kappa shape index (κ1) is 19.0. The van der Waals surface area contributed by atoms with Crippen LogP contribution in [0, 0.1) is 0 Å². The highest BCUT2D eigenvalue weighted by Crippen LogP contribution is 2.40. The van der Waals surface area contributed by atoms with E-state index in [1.54, 1.807) is 12.1 Å². The second kappa shape index (κ2) is 7.22. The van der Waals surface area contributed by atoms with Crippen molar-refractivity contribution in [3.05, 3.63) is 53.1 Å². The molecule has 0 saturated heterocycles. The summed E-state index contributed by atoms with van der Waals surface area (Å²) in [5.41, 5.74) is 2.53.